The number of rotatable bonds is 7. The van der Waals surface area contributed by atoms with E-state index in [4.69, 9.17) is 5.73 Å². The summed E-state index contributed by atoms with van der Waals surface area (Å²) in [5, 5.41) is 7.41. The number of nitrogens with two attached hydrogens (primary N) is 1. The highest BCUT2D eigenvalue weighted by atomic mass is 32.1. The molecule has 0 saturated heterocycles. The van der Waals surface area contributed by atoms with E-state index in [9.17, 15) is 9.59 Å². The van der Waals surface area contributed by atoms with Crippen molar-refractivity contribution >= 4 is 28.8 Å². The van der Waals surface area contributed by atoms with Crippen LogP contribution in [0, 0.1) is 0 Å². The Morgan fingerprint density at radius 3 is 2.50 bits per heavy atom. The quantitative estimate of drug-likeness (QED) is 0.681. The highest BCUT2D eigenvalue weighted by Gasteiger charge is 2.07. The molecule has 6 heteroatoms. The maximum Gasteiger partial charge on any atom is 0.261 e. The maximum absolute atomic E-state index is 11.7. The van der Waals surface area contributed by atoms with E-state index in [0.29, 0.717) is 18.0 Å². The van der Waals surface area contributed by atoms with Crippen LogP contribution in [-0.4, -0.2) is 24.9 Å². The molecule has 2 aromatic rings. The lowest BCUT2D eigenvalue weighted by atomic mass is 10.1. The molecular formula is C16H19N3O2S. The number of hydrogen-bond acceptors (Lipinski definition) is 4. The molecule has 2 rings (SSSR count). The van der Waals surface area contributed by atoms with Crippen LogP contribution in [0.4, 0.5) is 5.69 Å². The van der Waals surface area contributed by atoms with Crippen LogP contribution in [0.15, 0.2) is 41.8 Å². The Balaban J connectivity index is 1.60. The van der Waals surface area contributed by atoms with E-state index >= 15 is 0 Å². The minimum absolute atomic E-state index is 0.0677. The number of carbonyl (C=O) groups is 2. The van der Waals surface area contributed by atoms with Crippen molar-refractivity contribution in [3.8, 4) is 0 Å². The first-order valence-corrected chi connectivity index (χ1v) is 7.96. The third-order valence-corrected chi connectivity index (χ3v) is 3.97. The summed E-state index contributed by atoms with van der Waals surface area (Å²) in [6, 6.07) is 11.2. The first-order chi connectivity index (χ1) is 10.6. The average Bonchev–Trinajstić information content (AvgIpc) is 3.03. The van der Waals surface area contributed by atoms with Gasteiger partial charge in [0.1, 0.15) is 0 Å². The van der Waals surface area contributed by atoms with Crippen molar-refractivity contribution in [3.63, 3.8) is 0 Å². The molecule has 0 saturated carbocycles. The molecule has 1 heterocycles. The van der Waals surface area contributed by atoms with Crippen LogP contribution in [-0.2, 0) is 11.2 Å². The molecule has 22 heavy (non-hydrogen) atoms. The zero-order chi connectivity index (χ0) is 15.8. The smallest absolute Gasteiger partial charge is 0.261 e. The van der Waals surface area contributed by atoms with E-state index < -0.39 is 0 Å². The van der Waals surface area contributed by atoms with Gasteiger partial charge in [0.2, 0.25) is 5.91 Å². The summed E-state index contributed by atoms with van der Waals surface area (Å²) < 4.78 is 0. The SMILES string of the molecule is Nc1ccc(CCNC(=O)CCNC(=O)c2cccs2)cc1. The Labute approximate surface area is 133 Å². The van der Waals surface area contributed by atoms with Gasteiger partial charge >= 0.3 is 0 Å². The summed E-state index contributed by atoms with van der Waals surface area (Å²) in [4.78, 5) is 24.0. The van der Waals surface area contributed by atoms with Crippen molar-refractivity contribution in [2.75, 3.05) is 18.8 Å². The van der Waals surface area contributed by atoms with Gasteiger partial charge in [-0.25, -0.2) is 0 Å². The number of thiophene rings is 1. The van der Waals surface area contributed by atoms with Crippen LogP contribution < -0.4 is 16.4 Å². The average molecular weight is 317 g/mol. The highest BCUT2D eigenvalue weighted by Crippen LogP contribution is 2.07. The van der Waals surface area contributed by atoms with Gasteiger partial charge in [-0.1, -0.05) is 18.2 Å². The molecule has 0 atom stereocenters. The summed E-state index contributed by atoms with van der Waals surface area (Å²) in [5.41, 5.74) is 7.47. The van der Waals surface area contributed by atoms with E-state index in [1.165, 1.54) is 11.3 Å². The van der Waals surface area contributed by atoms with Crippen LogP contribution in [0.2, 0.25) is 0 Å². The molecule has 1 aromatic heterocycles. The Morgan fingerprint density at radius 1 is 1.05 bits per heavy atom. The number of anilines is 1. The Bertz CT molecular complexity index is 609. The first-order valence-electron chi connectivity index (χ1n) is 7.08. The number of nitrogen functional groups attached to an aromatic ring is 1. The van der Waals surface area contributed by atoms with Crippen molar-refractivity contribution in [2.24, 2.45) is 0 Å². The molecule has 116 valence electrons. The maximum atomic E-state index is 11.7. The third-order valence-electron chi connectivity index (χ3n) is 3.10. The highest BCUT2D eigenvalue weighted by molar-refractivity contribution is 7.12. The monoisotopic (exact) mass is 317 g/mol. The normalized spacial score (nSPS) is 10.2. The van der Waals surface area contributed by atoms with E-state index in [-0.39, 0.29) is 18.2 Å². The molecule has 0 aliphatic heterocycles. The Morgan fingerprint density at radius 2 is 1.82 bits per heavy atom. The molecule has 4 N–H and O–H groups in total. The minimum Gasteiger partial charge on any atom is -0.399 e. The van der Waals surface area contributed by atoms with E-state index in [1.807, 2.05) is 35.7 Å². The fourth-order valence-electron chi connectivity index (χ4n) is 1.90. The molecular weight excluding hydrogens is 298 g/mol. The molecule has 0 unspecified atom stereocenters. The van der Waals surface area contributed by atoms with E-state index in [0.717, 1.165) is 17.7 Å². The molecule has 5 nitrogen and oxygen atoms in total. The summed E-state index contributed by atoms with van der Waals surface area (Å²) in [6.45, 7) is 0.909. The molecule has 0 aliphatic carbocycles. The van der Waals surface area contributed by atoms with Crippen LogP contribution in [0.5, 0.6) is 0 Å². The molecule has 1 aromatic carbocycles. The second kappa shape index (κ2) is 8.19. The summed E-state index contributed by atoms with van der Waals surface area (Å²) in [7, 11) is 0. The largest absolute Gasteiger partial charge is 0.399 e. The van der Waals surface area contributed by atoms with Gasteiger partial charge in [-0.2, -0.15) is 0 Å². The van der Waals surface area contributed by atoms with Crippen LogP contribution in [0.1, 0.15) is 21.7 Å². The molecule has 0 spiro atoms. The number of nitrogens with one attached hydrogen (secondary N) is 2. The predicted octanol–water partition coefficient (Wildman–Crippen LogP) is 1.81. The summed E-state index contributed by atoms with van der Waals surface area (Å²) in [6.07, 6.45) is 1.03. The third kappa shape index (κ3) is 5.21. The molecule has 0 bridgehead atoms. The first kappa shape index (κ1) is 16.0. The number of benzene rings is 1. The predicted molar refractivity (Wildman–Crippen MR) is 88.8 cm³/mol. The van der Waals surface area contributed by atoms with Gasteiger partial charge in [-0.3, -0.25) is 9.59 Å². The number of amides is 2. The van der Waals surface area contributed by atoms with Crippen molar-refractivity contribution in [1.82, 2.24) is 10.6 Å². The van der Waals surface area contributed by atoms with Crippen LogP contribution in [0.3, 0.4) is 0 Å². The lowest BCUT2D eigenvalue weighted by Gasteiger charge is -2.06. The van der Waals surface area contributed by atoms with Gasteiger partial charge in [0, 0.05) is 25.2 Å². The molecule has 0 fully saturated rings. The van der Waals surface area contributed by atoms with Gasteiger partial charge in [-0.05, 0) is 35.6 Å². The van der Waals surface area contributed by atoms with Crippen molar-refractivity contribution in [2.45, 2.75) is 12.8 Å². The summed E-state index contributed by atoms with van der Waals surface area (Å²) in [5.74, 6) is -0.202. The van der Waals surface area contributed by atoms with Crippen molar-refractivity contribution < 1.29 is 9.59 Å². The second-order valence-electron chi connectivity index (χ2n) is 4.82. The van der Waals surface area contributed by atoms with Gasteiger partial charge in [0.15, 0.2) is 0 Å². The van der Waals surface area contributed by atoms with Gasteiger partial charge in [-0.15, -0.1) is 11.3 Å². The van der Waals surface area contributed by atoms with E-state index in [1.54, 1.807) is 6.07 Å². The number of carbonyl (C=O) groups excluding carboxylic acids is 2. The van der Waals surface area contributed by atoms with Gasteiger partial charge < -0.3 is 16.4 Å². The zero-order valence-electron chi connectivity index (χ0n) is 12.2. The molecule has 0 radical (unpaired) electrons. The molecule has 0 aliphatic rings. The topological polar surface area (TPSA) is 84.2 Å². The van der Waals surface area contributed by atoms with Gasteiger partial charge in [0.05, 0.1) is 4.88 Å². The Kier molecular flexibility index (Phi) is 5.97. The summed E-state index contributed by atoms with van der Waals surface area (Å²) >= 11 is 1.38. The van der Waals surface area contributed by atoms with Crippen molar-refractivity contribution in [3.05, 3.63) is 52.2 Å². The second-order valence-corrected chi connectivity index (χ2v) is 5.77. The van der Waals surface area contributed by atoms with E-state index in [2.05, 4.69) is 10.6 Å². The lowest BCUT2D eigenvalue weighted by molar-refractivity contribution is -0.120. The fraction of sp³-hybridized carbons (Fsp3) is 0.250. The standard InChI is InChI=1S/C16H19N3O2S/c17-13-5-3-12(4-6-13)7-9-18-15(20)8-10-19-16(21)14-2-1-11-22-14/h1-6,11H,7-10,17H2,(H,18,20)(H,19,21). The molecule has 2 amide bonds. The van der Waals surface area contributed by atoms with Gasteiger partial charge in [0.25, 0.3) is 5.91 Å². The zero-order valence-corrected chi connectivity index (χ0v) is 13.0. The number of hydrogen-bond donors (Lipinski definition) is 3. The van der Waals surface area contributed by atoms with Crippen molar-refractivity contribution in [1.29, 1.82) is 0 Å². The lowest BCUT2D eigenvalue weighted by Crippen LogP contribution is -2.31. The Hall–Kier alpha value is -2.34. The van der Waals surface area contributed by atoms with Crippen LogP contribution >= 0.6 is 11.3 Å². The fourth-order valence-corrected chi connectivity index (χ4v) is 2.54. The van der Waals surface area contributed by atoms with Crippen LogP contribution in [0.25, 0.3) is 0 Å². The minimum atomic E-state index is -0.135.